The quantitative estimate of drug-likeness (QED) is 0.561. The average molecular weight is 273 g/mol. The van der Waals surface area contributed by atoms with Gasteiger partial charge in [-0.3, -0.25) is 5.10 Å². The van der Waals surface area contributed by atoms with Gasteiger partial charge in [0, 0.05) is 0 Å². The smallest absolute Gasteiger partial charge is 0.112 e. The van der Waals surface area contributed by atoms with Gasteiger partial charge in [-0.15, -0.1) is 5.10 Å². The summed E-state index contributed by atoms with van der Waals surface area (Å²) in [6.07, 6.45) is 0. The largest absolute Gasteiger partial charge is 0.258 e. The highest BCUT2D eigenvalue weighted by atomic mass is 15.3. The Bertz CT molecular complexity index is 724. The molecule has 1 N–H and O–H groups in total. The molecule has 4 aromatic rings. The van der Waals surface area contributed by atoms with Crippen LogP contribution < -0.4 is 0 Å². The molecule has 4 rings (SSSR count). The van der Waals surface area contributed by atoms with Crippen LogP contribution in [0.4, 0.5) is 0 Å². The van der Waals surface area contributed by atoms with Gasteiger partial charge < -0.3 is 0 Å². The first-order chi connectivity index (χ1) is 10.4. The van der Waals surface area contributed by atoms with E-state index in [4.69, 9.17) is 0 Å². The van der Waals surface area contributed by atoms with Gasteiger partial charge >= 0.3 is 0 Å². The summed E-state index contributed by atoms with van der Waals surface area (Å²) in [6, 6.07) is 28.5. The number of aromatic amines is 1. The lowest BCUT2D eigenvalue weighted by atomic mass is 10.1. The van der Waals surface area contributed by atoms with Crippen molar-refractivity contribution in [1.82, 2.24) is 15.4 Å². The van der Waals surface area contributed by atoms with Gasteiger partial charge in [-0.25, -0.2) is 0 Å². The van der Waals surface area contributed by atoms with Crippen LogP contribution >= 0.6 is 0 Å². The lowest BCUT2D eigenvalue weighted by Gasteiger charge is -1.98. The molecule has 3 aromatic carbocycles. The Morgan fingerprint density at radius 3 is 1.67 bits per heavy atom. The van der Waals surface area contributed by atoms with Crippen molar-refractivity contribution < 1.29 is 0 Å². The fourth-order valence-corrected chi connectivity index (χ4v) is 2.05. The second kappa shape index (κ2) is 6.48. The second-order valence-corrected chi connectivity index (χ2v) is 4.56. The Kier molecular flexibility index (Phi) is 4.03. The summed E-state index contributed by atoms with van der Waals surface area (Å²) in [5.74, 6) is 0. The SMILES string of the molecule is c1ccc(-c2ccccc2)cc1.c1ccc2[nH]nnc2c1. The minimum absolute atomic E-state index is 0.914. The molecule has 0 aliphatic carbocycles. The summed E-state index contributed by atoms with van der Waals surface area (Å²) in [5, 5.41) is 10.2. The molecule has 0 spiro atoms. The third-order valence-electron chi connectivity index (χ3n) is 3.11. The van der Waals surface area contributed by atoms with Crippen molar-refractivity contribution in [2.45, 2.75) is 0 Å². The Labute approximate surface area is 123 Å². The first kappa shape index (κ1) is 13.1. The first-order valence-corrected chi connectivity index (χ1v) is 6.80. The third-order valence-corrected chi connectivity index (χ3v) is 3.11. The number of hydrogen-bond donors (Lipinski definition) is 1. The molecular formula is C18H15N3. The number of para-hydroxylation sites is 1. The highest BCUT2D eigenvalue weighted by Gasteiger charge is 1.92. The molecule has 21 heavy (non-hydrogen) atoms. The van der Waals surface area contributed by atoms with Crippen LogP contribution in [0.3, 0.4) is 0 Å². The molecule has 102 valence electrons. The highest BCUT2D eigenvalue weighted by molar-refractivity contribution is 5.72. The van der Waals surface area contributed by atoms with E-state index in [0.29, 0.717) is 0 Å². The Morgan fingerprint density at radius 1 is 0.571 bits per heavy atom. The van der Waals surface area contributed by atoms with E-state index in [2.05, 4.69) is 63.9 Å². The molecular weight excluding hydrogens is 258 g/mol. The summed E-state index contributed by atoms with van der Waals surface area (Å²) in [5.41, 5.74) is 4.45. The number of rotatable bonds is 1. The molecule has 1 heterocycles. The maximum atomic E-state index is 3.81. The van der Waals surface area contributed by atoms with Crippen LogP contribution in [-0.4, -0.2) is 15.4 Å². The fraction of sp³-hybridized carbons (Fsp3) is 0. The summed E-state index contributed by atoms with van der Waals surface area (Å²) in [7, 11) is 0. The van der Waals surface area contributed by atoms with Gasteiger partial charge in [0.05, 0.1) is 5.52 Å². The lowest BCUT2D eigenvalue weighted by Crippen LogP contribution is -1.73. The summed E-state index contributed by atoms with van der Waals surface area (Å²) in [6.45, 7) is 0. The van der Waals surface area contributed by atoms with E-state index < -0.39 is 0 Å². The normalized spacial score (nSPS) is 9.90. The molecule has 0 radical (unpaired) electrons. The number of fused-ring (bicyclic) bond motifs is 1. The van der Waals surface area contributed by atoms with Gasteiger partial charge in [0.25, 0.3) is 0 Å². The van der Waals surface area contributed by atoms with E-state index in [9.17, 15) is 0 Å². The average Bonchev–Trinajstić information content (AvgIpc) is 3.06. The van der Waals surface area contributed by atoms with Crippen molar-refractivity contribution in [3.05, 3.63) is 84.9 Å². The molecule has 0 amide bonds. The molecule has 0 fully saturated rings. The Balaban J connectivity index is 0.000000131. The predicted molar refractivity (Wildman–Crippen MR) is 85.8 cm³/mol. The number of benzene rings is 3. The number of aromatic nitrogens is 3. The van der Waals surface area contributed by atoms with Crippen molar-refractivity contribution >= 4 is 11.0 Å². The molecule has 0 aliphatic rings. The molecule has 0 saturated carbocycles. The van der Waals surface area contributed by atoms with Gasteiger partial charge in [0.1, 0.15) is 5.52 Å². The van der Waals surface area contributed by atoms with Crippen molar-refractivity contribution in [3.63, 3.8) is 0 Å². The maximum Gasteiger partial charge on any atom is 0.112 e. The topological polar surface area (TPSA) is 41.6 Å². The summed E-state index contributed by atoms with van der Waals surface area (Å²) >= 11 is 0. The third kappa shape index (κ3) is 3.34. The molecule has 0 unspecified atom stereocenters. The monoisotopic (exact) mass is 273 g/mol. The van der Waals surface area contributed by atoms with Gasteiger partial charge in [-0.1, -0.05) is 78.0 Å². The molecule has 0 aliphatic heterocycles. The predicted octanol–water partition coefficient (Wildman–Crippen LogP) is 4.31. The zero-order valence-corrected chi connectivity index (χ0v) is 11.5. The Hall–Kier alpha value is -2.94. The van der Waals surface area contributed by atoms with Gasteiger partial charge in [0.2, 0.25) is 0 Å². The zero-order valence-electron chi connectivity index (χ0n) is 11.5. The second-order valence-electron chi connectivity index (χ2n) is 4.56. The molecule has 3 nitrogen and oxygen atoms in total. The van der Waals surface area contributed by atoms with Crippen LogP contribution in [0.5, 0.6) is 0 Å². The van der Waals surface area contributed by atoms with Crippen LogP contribution in [0, 0.1) is 0 Å². The van der Waals surface area contributed by atoms with E-state index >= 15 is 0 Å². The molecule has 1 aromatic heterocycles. The number of hydrogen-bond acceptors (Lipinski definition) is 2. The van der Waals surface area contributed by atoms with Crippen LogP contribution in [-0.2, 0) is 0 Å². The number of nitrogens with zero attached hydrogens (tertiary/aromatic N) is 2. The maximum absolute atomic E-state index is 3.81. The Morgan fingerprint density at radius 2 is 1.10 bits per heavy atom. The van der Waals surface area contributed by atoms with Crippen molar-refractivity contribution in [1.29, 1.82) is 0 Å². The van der Waals surface area contributed by atoms with E-state index in [-0.39, 0.29) is 0 Å². The number of H-pyrrole nitrogens is 1. The minimum Gasteiger partial charge on any atom is -0.258 e. The van der Waals surface area contributed by atoms with Crippen LogP contribution in [0.15, 0.2) is 84.9 Å². The standard InChI is InChI=1S/C12H10.C6H5N3/c1-3-7-11(8-4-1)12-9-5-2-6-10-12;1-2-4-6-5(3-1)7-9-8-6/h1-10H;1-4H,(H,7,8,9). The van der Waals surface area contributed by atoms with Crippen LogP contribution in [0.25, 0.3) is 22.2 Å². The van der Waals surface area contributed by atoms with Gasteiger partial charge in [-0.2, -0.15) is 0 Å². The summed E-state index contributed by atoms with van der Waals surface area (Å²) < 4.78 is 0. The zero-order chi connectivity index (χ0) is 14.3. The van der Waals surface area contributed by atoms with Crippen LogP contribution in [0.2, 0.25) is 0 Å². The van der Waals surface area contributed by atoms with Crippen LogP contribution in [0.1, 0.15) is 0 Å². The van der Waals surface area contributed by atoms with Crippen molar-refractivity contribution in [2.24, 2.45) is 0 Å². The highest BCUT2D eigenvalue weighted by Crippen LogP contribution is 2.17. The first-order valence-electron chi connectivity index (χ1n) is 6.80. The van der Waals surface area contributed by atoms with E-state index in [1.54, 1.807) is 0 Å². The van der Waals surface area contributed by atoms with Crippen molar-refractivity contribution in [2.75, 3.05) is 0 Å². The van der Waals surface area contributed by atoms with Crippen molar-refractivity contribution in [3.8, 4) is 11.1 Å². The van der Waals surface area contributed by atoms with E-state index in [1.807, 2.05) is 36.4 Å². The summed E-state index contributed by atoms with van der Waals surface area (Å²) in [4.78, 5) is 0. The van der Waals surface area contributed by atoms with Gasteiger partial charge in [-0.05, 0) is 23.3 Å². The van der Waals surface area contributed by atoms with E-state index in [1.165, 1.54) is 11.1 Å². The fourth-order valence-electron chi connectivity index (χ4n) is 2.05. The minimum atomic E-state index is 0.914. The van der Waals surface area contributed by atoms with E-state index in [0.717, 1.165) is 11.0 Å². The molecule has 0 saturated heterocycles. The molecule has 0 bridgehead atoms. The van der Waals surface area contributed by atoms with Gasteiger partial charge in [0.15, 0.2) is 0 Å². The lowest BCUT2D eigenvalue weighted by molar-refractivity contribution is 0.959. The number of nitrogens with one attached hydrogen (secondary N) is 1. The molecule has 0 atom stereocenters. The molecule has 3 heteroatoms.